The number of rotatable bonds is 3. The van der Waals surface area contributed by atoms with Crippen LogP contribution in [0.2, 0.25) is 0 Å². The van der Waals surface area contributed by atoms with Crippen LogP contribution in [-0.2, 0) is 6.42 Å². The van der Waals surface area contributed by atoms with Gasteiger partial charge in [0, 0.05) is 6.42 Å². The molecule has 0 amide bonds. The van der Waals surface area contributed by atoms with Gasteiger partial charge in [-0.1, -0.05) is 27.7 Å². The highest BCUT2D eigenvalue weighted by atomic mass is 32.1. The average Bonchev–Trinajstić information content (AvgIpc) is 2.30. The van der Waals surface area contributed by atoms with Crippen LogP contribution >= 0.6 is 11.5 Å². The Kier molecular flexibility index (Phi) is 3.48. The van der Waals surface area contributed by atoms with E-state index in [1.54, 1.807) is 0 Å². The predicted molar refractivity (Wildman–Crippen MR) is 61.3 cm³/mol. The van der Waals surface area contributed by atoms with Gasteiger partial charge in [-0.25, -0.2) is 4.98 Å². The van der Waals surface area contributed by atoms with Gasteiger partial charge in [0.2, 0.25) is 5.95 Å². The molecule has 80 valence electrons. The van der Waals surface area contributed by atoms with E-state index in [2.05, 4.69) is 37.1 Å². The van der Waals surface area contributed by atoms with E-state index in [9.17, 15) is 0 Å². The molecule has 0 saturated carbocycles. The van der Waals surface area contributed by atoms with Gasteiger partial charge in [0.1, 0.15) is 5.01 Å². The summed E-state index contributed by atoms with van der Waals surface area (Å²) in [4.78, 5) is 4.17. The molecule has 0 aliphatic heterocycles. The number of anilines is 1. The molecule has 0 aromatic carbocycles. The summed E-state index contributed by atoms with van der Waals surface area (Å²) < 4.78 is 3.97. The zero-order chi connectivity index (χ0) is 10.8. The van der Waals surface area contributed by atoms with Gasteiger partial charge in [-0.05, 0) is 29.3 Å². The quantitative estimate of drug-likeness (QED) is 0.840. The molecule has 0 fully saturated rings. The monoisotopic (exact) mass is 213 g/mol. The second-order valence-corrected chi connectivity index (χ2v) is 5.96. The lowest BCUT2D eigenvalue weighted by atomic mass is 9.84. The largest absolute Gasteiger partial charge is 0.367 e. The average molecular weight is 213 g/mol. The van der Waals surface area contributed by atoms with Crippen LogP contribution in [0.5, 0.6) is 0 Å². The summed E-state index contributed by atoms with van der Waals surface area (Å²) >= 11 is 1.42. The molecule has 1 heterocycles. The molecule has 1 atom stereocenters. The first kappa shape index (κ1) is 11.4. The fourth-order valence-corrected chi connectivity index (χ4v) is 2.50. The molecule has 1 aromatic heterocycles. The van der Waals surface area contributed by atoms with Crippen LogP contribution < -0.4 is 5.73 Å². The molecule has 2 N–H and O–H groups in total. The molecule has 1 unspecified atom stereocenters. The van der Waals surface area contributed by atoms with Crippen molar-refractivity contribution in [1.82, 2.24) is 9.36 Å². The summed E-state index contributed by atoms with van der Waals surface area (Å²) in [7, 11) is 0. The van der Waals surface area contributed by atoms with E-state index >= 15 is 0 Å². The number of aromatic nitrogens is 2. The van der Waals surface area contributed by atoms with Gasteiger partial charge < -0.3 is 5.73 Å². The van der Waals surface area contributed by atoms with Crippen molar-refractivity contribution < 1.29 is 0 Å². The summed E-state index contributed by atoms with van der Waals surface area (Å²) in [5, 5.41) is 1.05. The van der Waals surface area contributed by atoms with Crippen LogP contribution in [0.25, 0.3) is 0 Å². The van der Waals surface area contributed by atoms with Crippen molar-refractivity contribution in [3.8, 4) is 0 Å². The zero-order valence-electron chi connectivity index (χ0n) is 9.37. The van der Waals surface area contributed by atoms with E-state index in [1.807, 2.05) is 0 Å². The molecule has 3 nitrogen and oxygen atoms in total. The van der Waals surface area contributed by atoms with Crippen LogP contribution in [0.15, 0.2) is 0 Å². The molecule has 0 spiro atoms. The van der Waals surface area contributed by atoms with E-state index in [-0.39, 0.29) is 0 Å². The summed E-state index contributed by atoms with van der Waals surface area (Å²) in [5.41, 5.74) is 5.85. The Hall–Kier alpha value is -0.640. The summed E-state index contributed by atoms with van der Waals surface area (Å²) in [6.07, 6.45) is 2.19. The van der Waals surface area contributed by atoms with Crippen LogP contribution in [0.3, 0.4) is 0 Å². The van der Waals surface area contributed by atoms with Crippen molar-refractivity contribution in [3.05, 3.63) is 5.01 Å². The summed E-state index contributed by atoms with van der Waals surface area (Å²) in [5.74, 6) is 1.05. The van der Waals surface area contributed by atoms with E-state index < -0.39 is 0 Å². The number of hydrogen-bond donors (Lipinski definition) is 1. The van der Waals surface area contributed by atoms with Gasteiger partial charge >= 0.3 is 0 Å². The molecular formula is C10H19N3S. The maximum Gasteiger partial charge on any atom is 0.232 e. The third kappa shape index (κ3) is 4.05. The van der Waals surface area contributed by atoms with Gasteiger partial charge in [-0.3, -0.25) is 0 Å². The number of nitrogens with zero attached hydrogens (tertiary/aromatic N) is 2. The van der Waals surface area contributed by atoms with E-state index in [4.69, 9.17) is 5.73 Å². The maximum atomic E-state index is 5.47. The van der Waals surface area contributed by atoms with Crippen LogP contribution in [0, 0.1) is 11.3 Å². The molecule has 14 heavy (non-hydrogen) atoms. The fraction of sp³-hybridized carbons (Fsp3) is 0.800. The highest BCUT2D eigenvalue weighted by molar-refractivity contribution is 7.05. The third-order valence-electron chi connectivity index (χ3n) is 1.97. The molecule has 0 aliphatic carbocycles. The van der Waals surface area contributed by atoms with E-state index in [0.717, 1.165) is 11.4 Å². The second kappa shape index (κ2) is 4.26. The SMILES string of the molecule is CC(Cc1nc(N)ns1)CC(C)(C)C. The topological polar surface area (TPSA) is 51.8 Å². The normalized spacial score (nSPS) is 14.3. The third-order valence-corrected chi connectivity index (χ3v) is 2.71. The van der Waals surface area contributed by atoms with Gasteiger partial charge in [-0.15, -0.1) is 0 Å². The fourth-order valence-electron chi connectivity index (χ4n) is 1.77. The van der Waals surface area contributed by atoms with Crippen molar-refractivity contribution >= 4 is 17.5 Å². The van der Waals surface area contributed by atoms with Crippen molar-refractivity contribution in [2.24, 2.45) is 11.3 Å². The standard InChI is InChI=1S/C10H19N3S/c1-7(6-10(2,3)4)5-8-12-9(11)13-14-8/h7H,5-6H2,1-4H3,(H2,11,13). The Morgan fingerprint density at radius 2 is 2.07 bits per heavy atom. The van der Waals surface area contributed by atoms with E-state index in [0.29, 0.717) is 17.3 Å². The van der Waals surface area contributed by atoms with Crippen LogP contribution in [-0.4, -0.2) is 9.36 Å². The zero-order valence-corrected chi connectivity index (χ0v) is 10.2. The molecule has 0 radical (unpaired) electrons. The van der Waals surface area contributed by atoms with Gasteiger partial charge in [0.25, 0.3) is 0 Å². The lowest BCUT2D eigenvalue weighted by Gasteiger charge is -2.22. The van der Waals surface area contributed by atoms with Crippen molar-refractivity contribution in [3.63, 3.8) is 0 Å². The molecule has 0 saturated heterocycles. The Morgan fingerprint density at radius 1 is 1.43 bits per heavy atom. The molecule has 1 aromatic rings. The first-order valence-electron chi connectivity index (χ1n) is 4.95. The molecule has 0 bridgehead atoms. The predicted octanol–water partition coefficient (Wildman–Crippen LogP) is 2.74. The number of nitrogen functional groups attached to an aromatic ring is 1. The number of nitrogens with two attached hydrogens (primary N) is 1. The second-order valence-electron chi connectivity index (χ2n) is 5.12. The number of hydrogen-bond acceptors (Lipinski definition) is 4. The Labute approximate surface area is 89.9 Å². The molecular weight excluding hydrogens is 194 g/mol. The van der Waals surface area contributed by atoms with Crippen molar-refractivity contribution in [1.29, 1.82) is 0 Å². The Bertz CT molecular complexity index is 288. The highest BCUT2D eigenvalue weighted by Crippen LogP contribution is 2.26. The minimum Gasteiger partial charge on any atom is -0.367 e. The molecule has 0 aliphatic rings. The first-order chi connectivity index (χ1) is 6.37. The van der Waals surface area contributed by atoms with Gasteiger partial charge in [0.05, 0.1) is 0 Å². The lowest BCUT2D eigenvalue weighted by molar-refractivity contribution is 0.306. The molecule has 1 rings (SSSR count). The van der Waals surface area contributed by atoms with Crippen molar-refractivity contribution in [2.45, 2.75) is 40.5 Å². The first-order valence-corrected chi connectivity index (χ1v) is 5.72. The van der Waals surface area contributed by atoms with Gasteiger partial charge in [-0.2, -0.15) is 4.37 Å². The summed E-state index contributed by atoms with van der Waals surface area (Å²) in [6.45, 7) is 9.04. The molecule has 4 heteroatoms. The van der Waals surface area contributed by atoms with Crippen molar-refractivity contribution in [2.75, 3.05) is 5.73 Å². The van der Waals surface area contributed by atoms with E-state index in [1.165, 1.54) is 18.0 Å². The van der Waals surface area contributed by atoms with Crippen LogP contribution in [0.1, 0.15) is 39.1 Å². The lowest BCUT2D eigenvalue weighted by Crippen LogP contribution is -2.12. The maximum absolute atomic E-state index is 5.47. The Morgan fingerprint density at radius 3 is 2.50 bits per heavy atom. The highest BCUT2D eigenvalue weighted by Gasteiger charge is 2.16. The minimum atomic E-state index is 0.385. The summed E-state index contributed by atoms with van der Waals surface area (Å²) in [6, 6.07) is 0. The smallest absolute Gasteiger partial charge is 0.232 e. The van der Waals surface area contributed by atoms with Gasteiger partial charge in [0.15, 0.2) is 0 Å². The minimum absolute atomic E-state index is 0.385. The van der Waals surface area contributed by atoms with Crippen LogP contribution in [0.4, 0.5) is 5.95 Å². The Balaban J connectivity index is 2.45.